The van der Waals surface area contributed by atoms with Crippen molar-refractivity contribution >= 4 is 17.6 Å². The first kappa shape index (κ1) is 12.6. The Morgan fingerprint density at radius 1 is 1.16 bits per heavy atom. The molecule has 0 aromatic heterocycles. The fourth-order valence-electron chi connectivity index (χ4n) is 1.50. The lowest BCUT2D eigenvalue weighted by atomic mass is 10.2. The zero-order valence-corrected chi connectivity index (χ0v) is 9.85. The van der Waals surface area contributed by atoms with Crippen molar-refractivity contribution in [3.05, 3.63) is 64.2 Å². The molecule has 2 N–H and O–H groups in total. The van der Waals surface area contributed by atoms with E-state index in [1.165, 1.54) is 18.3 Å². The molecule has 2 rings (SSSR count). The Kier molecular flexibility index (Phi) is 3.72. The van der Waals surface area contributed by atoms with Crippen LogP contribution in [0.25, 0.3) is 0 Å². The number of hydrogen-bond acceptors (Lipinski definition) is 5. The van der Waals surface area contributed by atoms with Gasteiger partial charge in [0.25, 0.3) is 5.69 Å². The molecule has 0 spiro atoms. The molecule has 0 bridgehead atoms. The Morgan fingerprint density at radius 2 is 1.84 bits per heavy atom. The summed E-state index contributed by atoms with van der Waals surface area (Å²) in [6.45, 7) is 0. The van der Waals surface area contributed by atoms with Crippen LogP contribution < -0.4 is 5.43 Å². The van der Waals surface area contributed by atoms with Gasteiger partial charge in [0, 0.05) is 6.07 Å². The van der Waals surface area contributed by atoms with Gasteiger partial charge in [-0.2, -0.15) is 5.10 Å². The van der Waals surface area contributed by atoms with Crippen LogP contribution in [-0.4, -0.2) is 16.2 Å². The molecular weight excluding hydrogens is 246 g/mol. The van der Waals surface area contributed by atoms with E-state index in [9.17, 15) is 15.2 Å². The number of nitrogens with one attached hydrogen (secondary N) is 1. The molecule has 0 saturated heterocycles. The van der Waals surface area contributed by atoms with Gasteiger partial charge in [-0.05, 0) is 18.2 Å². The number of nitrogens with zero attached hydrogens (tertiary/aromatic N) is 2. The minimum Gasteiger partial charge on any atom is -0.506 e. The van der Waals surface area contributed by atoms with E-state index in [0.29, 0.717) is 11.3 Å². The predicted molar refractivity (Wildman–Crippen MR) is 72.4 cm³/mol. The van der Waals surface area contributed by atoms with Gasteiger partial charge in [-0.3, -0.25) is 15.5 Å². The third kappa shape index (κ3) is 3.06. The van der Waals surface area contributed by atoms with Crippen molar-refractivity contribution in [1.29, 1.82) is 0 Å². The summed E-state index contributed by atoms with van der Waals surface area (Å²) >= 11 is 0. The first-order valence-corrected chi connectivity index (χ1v) is 5.49. The van der Waals surface area contributed by atoms with E-state index in [4.69, 9.17) is 0 Å². The summed E-state index contributed by atoms with van der Waals surface area (Å²) in [6.07, 6.45) is 1.34. The van der Waals surface area contributed by atoms with Crippen molar-refractivity contribution in [3.63, 3.8) is 0 Å². The summed E-state index contributed by atoms with van der Waals surface area (Å²) in [6, 6.07) is 12.9. The molecule has 6 nitrogen and oxygen atoms in total. The summed E-state index contributed by atoms with van der Waals surface area (Å²) in [5, 5.41) is 24.2. The van der Waals surface area contributed by atoms with Crippen LogP contribution in [0.2, 0.25) is 0 Å². The summed E-state index contributed by atoms with van der Waals surface area (Å²) in [5.41, 5.74) is 3.41. The molecule has 2 aromatic rings. The van der Waals surface area contributed by atoms with E-state index < -0.39 is 4.92 Å². The lowest BCUT2D eigenvalue weighted by Crippen LogP contribution is -1.96. The van der Waals surface area contributed by atoms with Crippen molar-refractivity contribution in [2.75, 3.05) is 5.43 Å². The molecule has 0 aliphatic carbocycles. The fraction of sp³-hybridized carbons (Fsp3) is 0. The van der Waals surface area contributed by atoms with Crippen LogP contribution in [0.4, 0.5) is 11.4 Å². The highest BCUT2D eigenvalue weighted by Gasteiger charge is 2.09. The van der Waals surface area contributed by atoms with Crippen molar-refractivity contribution in [1.82, 2.24) is 0 Å². The molecule has 0 unspecified atom stereocenters. The smallest absolute Gasteiger partial charge is 0.278 e. The van der Waals surface area contributed by atoms with Gasteiger partial charge < -0.3 is 5.11 Å². The van der Waals surface area contributed by atoms with E-state index in [1.807, 2.05) is 0 Å². The largest absolute Gasteiger partial charge is 0.506 e. The SMILES string of the molecule is O=[N+]([O-])c1ccccc1/C=N\Nc1ccccc1O. The van der Waals surface area contributed by atoms with Crippen LogP contribution in [-0.2, 0) is 0 Å². The van der Waals surface area contributed by atoms with Crippen molar-refractivity contribution in [3.8, 4) is 5.75 Å². The van der Waals surface area contributed by atoms with Gasteiger partial charge in [-0.1, -0.05) is 24.3 Å². The fourth-order valence-corrected chi connectivity index (χ4v) is 1.50. The lowest BCUT2D eigenvalue weighted by Gasteiger charge is -2.02. The van der Waals surface area contributed by atoms with E-state index in [2.05, 4.69) is 10.5 Å². The minimum atomic E-state index is -0.471. The van der Waals surface area contributed by atoms with Crippen LogP contribution in [0, 0.1) is 10.1 Å². The Labute approximate surface area is 109 Å². The van der Waals surface area contributed by atoms with Gasteiger partial charge in [0.15, 0.2) is 0 Å². The Morgan fingerprint density at radius 3 is 2.58 bits per heavy atom. The van der Waals surface area contributed by atoms with Crippen LogP contribution in [0.3, 0.4) is 0 Å². The number of nitro benzene ring substituents is 1. The van der Waals surface area contributed by atoms with Gasteiger partial charge in [-0.25, -0.2) is 0 Å². The molecule has 0 aliphatic rings. The molecule has 0 atom stereocenters. The van der Waals surface area contributed by atoms with Crippen LogP contribution >= 0.6 is 0 Å². The van der Waals surface area contributed by atoms with E-state index >= 15 is 0 Å². The van der Waals surface area contributed by atoms with Crippen LogP contribution in [0.1, 0.15) is 5.56 Å². The van der Waals surface area contributed by atoms with Gasteiger partial charge >= 0.3 is 0 Å². The number of aromatic hydroxyl groups is 1. The Bertz CT molecular complexity index is 626. The van der Waals surface area contributed by atoms with Crippen molar-refractivity contribution in [2.45, 2.75) is 0 Å². The average Bonchev–Trinajstić information content (AvgIpc) is 2.41. The molecule has 0 saturated carbocycles. The van der Waals surface area contributed by atoms with Gasteiger partial charge in [0.2, 0.25) is 0 Å². The normalized spacial score (nSPS) is 10.5. The third-order valence-corrected chi connectivity index (χ3v) is 2.43. The number of nitro groups is 1. The quantitative estimate of drug-likeness (QED) is 0.381. The first-order chi connectivity index (χ1) is 9.18. The third-order valence-electron chi connectivity index (χ3n) is 2.43. The minimum absolute atomic E-state index is 0.0228. The standard InChI is InChI=1S/C13H11N3O3/c17-13-8-4-2-6-11(13)15-14-9-10-5-1-3-7-12(10)16(18)19/h1-9,15,17H/b14-9-. The van der Waals surface area contributed by atoms with Gasteiger partial charge in [-0.15, -0.1) is 0 Å². The summed E-state index contributed by atoms with van der Waals surface area (Å²) in [7, 11) is 0. The second kappa shape index (κ2) is 5.63. The number of benzene rings is 2. The average molecular weight is 257 g/mol. The number of rotatable bonds is 4. The van der Waals surface area contributed by atoms with E-state index in [1.54, 1.807) is 36.4 Å². The summed E-state index contributed by atoms with van der Waals surface area (Å²) in [5.74, 6) is 0.0576. The molecule has 0 heterocycles. The molecular formula is C13H11N3O3. The van der Waals surface area contributed by atoms with Crippen molar-refractivity contribution < 1.29 is 10.0 Å². The molecule has 96 valence electrons. The zero-order chi connectivity index (χ0) is 13.7. The second-order valence-corrected chi connectivity index (χ2v) is 3.70. The highest BCUT2D eigenvalue weighted by atomic mass is 16.6. The maximum Gasteiger partial charge on any atom is 0.278 e. The molecule has 0 fully saturated rings. The number of para-hydroxylation sites is 3. The number of hydrazone groups is 1. The number of phenolic OH excluding ortho intramolecular Hbond substituents is 1. The second-order valence-electron chi connectivity index (χ2n) is 3.70. The molecule has 0 aliphatic heterocycles. The molecule has 6 heteroatoms. The highest BCUT2D eigenvalue weighted by Crippen LogP contribution is 2.21. The number of anilines is 1. The van der Waals surface area contributed by atoms with Gasteiger partial charge in [0.05, 0.1) is 22.4 Å². The maximum absolute atomic E-state index is 10.8. The molecule has 19 heavy (non-hydrogen) atoms. The monoisotopic (exact) mass is 257 g/mol. The van der Waals surface area contributed by atoms with E-state index in [0.717, 1.165) is 0 Å². The van der Waals surface area contributed by atoms with Gasteiger partial charge in [0.1, 0.15) is 5.75 Å². The van der Waals surface area contributed by atoms with Crippen LogP contribution in [0.15, 0.2) is 53.6 Å². The maximum atomic E-state index is 10.8. The van der Waals surface area contributed by atoms with Crippen LogP contribution in [0.5, 0.6) is 5.75 Å². The number of phenols is 1. The lowest BCUT2D eigenvalue weighted by molar-refractivity contribution is -0.385. The summed E-state index contributed by atoms with van der Waals surface area (Å²) in [4.78, 5) is 10.3. The topological polar surface area (TPSA) is 87.8 Å². The Balaban J connectivity index is 2.16. The highest BCUT2D eigenvalue weighted by molar-refractivity contribution is 5.85. The summed E-state index contributed by atoms with van der Waals surface area (Å²) < 4.78 is 0. The Hall–Kier alpha value is -2.89. The molecule has 0 amide bonds. The molecule has 2 aromatic carbocycles. The predicted octanol–water partition coefficient (Wildman–Crippen LogP) is 2.75. The van der Waals surface area contributed by atoms with E-state index in [-0.39, 0.29) is 11.4 Å². The number of hydrogen-bond donors (Lipinski definition) is 2. The van der Waals surface area contributed by atoms with Crippen molar-refractivity contribution in [2.24, 2.45) is 5.10 Å². The molecule has 0 radical (unpaired) electrons. The zero-order valence-electron chi connectivity index (χ0n) is 9.85. The first-order valence-electron chi connectivity index (χ1n) is 5.49.